The summed E-state index contributed by atoms with van der Waals surface area (Å²) in [6.45, 7) is 3.65. The topological polar surface area (TPSA) is 103 Å². The van der Waals surface area contributed by atoms with Crippen LogP contribution in [0.4, 0.5) is 10.5 Å². The SMILES string of the molecule is CCCCOC(=O)/N=C(\N)c1ccc(NCCN)cc1. The molecule has 0 heterocycles. The molecule has 5 N–H and O–H groups in total. The fourth-order valence-corrected chi connectivity index (χ4v) is 1.47. The van der Waals surface area contributed by atoms with Crippen molar-refractivity contribution in [3.05, 3.63) is 29.8 Å². The highest BCUT2D eigenvalue weighted by atomic mass is 16.5. The molecule has 110 valence electrons. The van der Waals surface area contributed by atoms with Crippen molar-refractivity contribution in [2.75, 3.05) is 25.0 Å². The van der Waals surface area contributed by atoms with Gasteiger partial charge in [-0.3, -0.25) is 0 Å². The maximum Gasteiger partial charge on any atom is 0.435 e. The normalized spacial score (nSPS) is 11.2. The molecule has 20 heavy (non-hydrogen) atoms. The van der Waals surface area contributed by atoms with E-state index in [1.54, 1.807) is 12.1 Å². The van der Waals surface area contributed by atoms with E-state index in [1.807, 2.05) is 19.1 Å². The molecule has 1 amide bonds. The van der Waals surface area contributed by atoms with Crippen LogP contribution < -0.4 is 16.8 Å². The van der Waals surface area contributed by atoms with Gasteiger partial charge in [-0.1, -0.05) is 13.3 Å². The molecule has 0 aromatic heterocycles. The molecule has 0 aliphatic carbocycles. The van der Waals surface area contributed by atoms with Crippen molar-refractivity contribution in [1.82, 2.24) is 0 Å². The number of benzene rings is 1. The summed E-state index contributed by atoms with van der Waals surface area (Å²) in [5, 5.41) is 3.14. The second-order valence-corrected chi connectivity index (χ2v) is 4.26. The molecule has 0 fully saturated rings. The van der Waals surface area contributed by atoms with E-state index in [0.717, 1.165) is 18.5 Å². The Hall–Kier alpha value is -2.08. The molecule has 0 atom stereocenters. The molecule has 6 nitrogen and oxygen atoms in total. The Morgan fingerprint density at radius 3 is 2.65 bits per heavy atom. The number of nitrogens with one attached hydrogen (secondary N) is 1. The molecule has 0 bridgehead atoms. The zero-order valence-electron chi connectivity index (χ0n) is 11.8. The zero-order valence-corrected chi connectivity index (χ0v) is 11.8. The number of carbonyl (C=O) groups is 1. The van der Waals surface area contributed by atoms with Crippen molar-refractivity contribution >= 4 is 17.6 Å². The average Bonchev–Trinajstić information content (AvgIpc) is 2.46. The zero-order chi connectivity index (χ0) is 14.8. The first kappa shape index (κ1) is 16.0. The summed E-state index contributed by atoms with van der Waals surface area (Å²) >= 11 is 0. The number of anilines is 1. The number of hydrogen-bond donors (Lipinski definition) is 3. The van der Waals surface area contributed by atoms with Crippen molar-refractivity contribution in [3.8, 4) is 0 Å². The summed E-state index contributed by atoms with van der Waals surface area (Å²) in [6.07, 6.45) is 1.13. The molecular weight excluding hydrogens is 256 g/mol. The van der Waals surface area contributed by atoms with Gasteiger partial charge in [-0.05, 0) is 30.7 Å². The van der Waals surface area contributed by atoms with E-state index < -0.39 is 6.09 Å². The van der Waals surface area contributed by atoms with E-state index in [9.17, 15) is 4.79 Å². The number of unbranched alkanes of at least 4 members (excludes halogenated alkanes) is 1. The first-order valence-corrected chi connectivity index (χ1v) is 6.72. The lowest BCUT2D eigenvalue weighted by atomic mass is 10.2. The summed E-state index contributed by atoms with van der Waals surface area (Å²) in [5.41, 5.74) is 12.8. The number of nitrogens with zero attached hydrogens (tertiary/aromatic N) is 1. The van der Waals surface area contributed by atoms with Crippen LogP contribution in [0.25, 0.3) is 0 Å². The highest BCUT2D eigenvalue weighted by Crippen LogP contribution is 2.09. The molecule has 1 rings (SSSR count). The average molecular weight is 278 g/mol. The third-order valence-electron chi connectivity index (χ3n) is 2.59. The van der Waals surface area contributed by atoms with E-state index in [1.165, 1.54) is 0 Å². The Morgan fingerprint density at radius 1 is 1.35 bits per heavy atom. The maximum atomic E-state index is 11.4. The van der Waals surface area contributed by atoms with Gasteiger partial charge in [0.1, 0.15) is 5.84 Å². The van der Waals surface area contributed by atoms with Crippen LogP contribution in [0.3, 0.4) is 0 Å². The molecule has 0 radical (unpaired) electrons. The summed E-state index contributed by atoms with van der Waals surface area (Å²) in [7, 11) is 0. The van der Waals surface area contributed by atoms with Crippen molar-refractivity contribution in [2.24, 2.45) is 16.5 Å². The third kappa shape index (κ3) is 5.71. The smallest absolute Gasteiger partial charge is 0.435 e. The molecule has 0 saturated carbocycles. The Kier molecular flexibility index (Phi) is 7.13. The van der Waals surface area contributed by atoms with Crippen LogP contribution in [0.5, 0.6) is 0 Å². The van der Waals surface area contributed by atoms with E-state index in [4.69, 9.17) is 16.2 Å². The first-order chi connectivity index (χ1) is 9.67. The summed E-state index contributed by atoms with van der Waals surface area (Å²) in [6, 6.07) is 7.29. The van der Waals surface area contributed by atoms with Crippen molar-refractivity contribution in [1.29, 1.82) is 0 Å². The molecule has 0 aliphatic heterocycles. The quantitative estimate of drug-likeness (QED) is 0.400. The van der Waals surface area contributed by atoms with Crippen LogP contribution in [0, 0.1) is 0 Å². The fourth-order valence-electron chi connectivity index (χ4n) is 1.47. The second kappa shape index (κ2) is 8.92. The molecule has 0 aliphatic rings. The Balaban J connectivity index is 2.57. The number of rotatable bonds is 7. The highest BCUT2D eigenvalue weighted by molar-refractivity contribution is 6.02. The van der Waals surface area contributed by atoms with Crippen LogP contribution in [0.1, 0.15) is 25.3 Å². The number of ether oxygens (including phenoxy) is 1. The standard InChI is InChI=1S/C14H22N4O2/c1-2-3-10-20-14(19)18-13(16)11-4-6-12(7-5-11)17-9-8-15/h4-7,17H,2-3,8-10,15H2,1H3,(H2,16,18,19). The molecule has 0 spiro atoms. The Labute approximate surface area is 119 Å². The van der Waals surface area contributed by atoms with Gasteiger partial charge in [0.25, 0.3) is 0 Å². The third-order valence-corrected chi connectivity index (χ3v) is 2.59. The van der Waals surface area contributed by atoms with Gasteiger partial charge in [0.15, 0.2) is 0 Å². The summed E-state index contributed by atoms with van der Waals surface area (Å²) in [5.74, 6) is 0.150. The molecule has 1 aromatic carbocycles. The molecule has 0 saturated heterocycles. The monoisotopic (exact) mass is 278 g/mol. The number of carbonyl (C=O) groups excluding carboxylic acids is 1. The predicted molar refractivity (Wildman–Crippen MR) is 81.0 cm³/mol. The molecule has 6 heteroatoms. The number of hydrogen-bond acceptors (Lipinski definition) is 4. The van der Waals surface area contributed by atoms with Gasteiger partial charge in [-0.15, -0.1) is 0 Å². The Morgan fingerprint density at radius 2 is 2.05 bits per heavy atom. The number of nitrogens with two attached hydrogens (primary N) is 2. The summed E-state index contributed by atoms with van der Waals surface area (Å²) < 4.78 is 4.92. The van der Waals surface area contributed by atoms with Gasteiger partial charge in [0.2, 0.25) is 0 Å². The van der Waals surface area contributed by atoms with Crippen molar-refractivity contribution < 1.29 is 9.53 Å². The fraction of sp³-hybridized carbons (Fsp3) is 0.429. The van der Waals surface area contributed by atoms with Gasteiger partial charge in [-0.25, -0.2) is 4.79 Å². The molecular formula is C14H22N4O2. The van der Waals surface area contributed by atoms with E-state index in [-0.39, 0.29) is 5.84 Å². The van der Waals surface area contributed by atoms with E-state index in [0.29, 0.717) is 25.3 Å². The van der Waals surface area contributed by atoms with Crippen LogP contribution in [0.15, 0.2) is 29.3 Å². The van der Waals surface area contributed by atoms with Crippen molar-refractivity contribution in [3.63, 3.8) is 0 Å². The van der Waals surface area contributed by atoms with Gasteiger partial charge >= 0.3 is 6.09 Å². The minimum Gasteiger partial charge on any atom is -0.448 e. The predicted octanol–water partition coefficient (Wildman–Crippen LogP) is 1.70. The second-order valence-electron chi connectivity index (χ2n) is 4.26. The van der Waals surface area contributed by atoms with E-state index in [2.05, 4.69) is 10.3 Å². The number of amides is 1. The van der Waals surface area contributed by atoms with Gasteiger partial charge in [-0.2, -0.15) is 4.99 Å². The lowest BCUT2D eigenvalue weighted by Crippen LogP contribution is -2.17. The maximum absolute atomic E-state index is 11.4. The minimum absolute atomic E-state index is 0.150. The van der Waals surface area contributed by atoms with Gasteiger partial charge in [0, 0.05) is 24.3 Å². The number of aliphatic imine (C=N–C) groups is 1. The lowest BCUT2D eigenvalue weighted by Gasteiger charge is -2.06. The van der Waals surface area contributed by atoms with Crippen molar-refractivity contribution in [2.45, 2.75) is 19.8 Å². The first-order valence-electron chi connectivity index (χ1n) is 6.72. The van der Waals surface area contributed by atoms with Crippen LogP contribution in [0.2, 0.25) is 0 Å². The van der Waals surface area contributed by atoms with Crippen LogP contribution in [-0.4, -0.2) is 31.6 Å². The van der Waals surface area contributed by atoms with E-state index >= 15 is 0 Å². The lowest BCUT2D eigenvalue weighted by molar-refractivity contribution is 0.155. The molecule has 0 unspecified atom stereocenters. The molecule has 1 aromatic rings. The van der Waals surface area contributed by atoms with Crippen LogP contribution >= 0.6 is 0 Å². The number of amidine groups is 1. The van der Waals surface area contributed by atoms with Gasteiger partial charge < -0.3 is 21.5 Å². The minimum atomic E-state index is -0.652. The van der Waals surface area contributed by atoms with Crippen LogP contribution in [-0.2, 0) is 4.74 Å². The highest BCUT2D eigenvalue weighted by Gasteiger charge is 2.04. The summed E-state index contributed by atoms with van der Waals surface area (Å²) in [4.78, 5) is 15.1. The largest absolute Gasteiger partial charge is 0.448 e. The Bertz CT molecular complexity index is 443. The van der Waals surface area contributed by atoms with Gasteiger partial charge in [0.05, 0.1) is 6.61 Å².